The van der Waals surface area contributed by atoms with Crippen molar-refractivity contribution in [1.82, 2.24) is 10.2 Å². The van der Waals surface area contributed by atoms with Gasteiger partial charge in [0.1, 0.15) is 36.1 Å². The van der Waals surface area contributed by atoms with Crippen LogP contribution in [0.1, 0.15) is 32.8 Å². The maximum Gasteiger partial charge on any atom is 0.407 e. The number of anilines is 2. The molecular formula is C30H41FN4O7. The van der Waals surface area contributed by atoms with Gasteiger partial charge in [0, 0.05) is 38.4 Å². The highest BCUT2D eigenvalue weighted by molar-refractivity contribution is 5.68. The summed E-state index contributed by atoms with van der Waals surface area (Å²) in [7, 11) is 0. The van der Waals surface area contributed by atoms with Gasteiger partial charge in [0.05, 0.1) is 24.9 Å². The first-order valence-electron chi connectivity index (χ1n) is 14.4. The molecule has 5 rings (SSSR count). The SMILES string of the molecule is CC(C)(C)OC(=O)NC1CCN(c2ccc(N3CCN(C4OC4COc4ccc(CO)cc4)CC3)c(F)c2)C(O)OC1. The van der Waals surface area contributed by atoms with Crippen molar-refractivity contribution in [2.45, 2.75) is 64.2 Å². The van der Waals surface area contributed by atoms with Crippen LogP contribution in [0.4, 0.5) is 20.6 Å². The number of aliphatic hydroxyl groups is 2. The largest absolute Gasteiger partial charge is 0.491 e. The van der Waals surface area contributed by atoms with E-state index in [1.165, 1.54) is 6.07 Å². The van der Waals surface area contributed by atoms with Crippen molar-refractivity contribution in [3.05, 3.63) is 53.8 Å². The fourth-order valence-electron chi connectivity index (χ4n) is 5.22. The second kappa shape index (κ2) is 13.0. The van der Waals surface area contributed by atoms with Crippen LogP contribution in [0.2, 0.25) is 0 Å². The van der Waals surface area contributed by atoms with Crippen LogP contribution in [-0.4, -0.2) is 97.5 Å². The zero-order valence-corrected chi connectivity index (χ0v) is 24.4. The number of piperazine rings is 1. The van der Waals surface area contributed by atoms with Gasteiger partial charge in [-0.1, -0.05) is 12.1 Å². The van der Waals surface area contributed by atoms with Crippen molar-refractivity contribution >= 4 is 17.5 Å². The summed E-state index contributed by atoms with van der Waals surface area (Å²) in [4.78, 5) is 18.0. The third kappa shape index (κ3) is 7.81. The Morgan fingerprint density at radius 2 is 1.83 bits per heavy atom. The molecule has 3 aliphatic heterocycles. The molecule has 0 aliphatic carbocycles. The van der Waals surface area contributed by atoms with Gasteiger partial charge in [0.2, 0.25) is 6.41 Å². The van der Waals surface area contributed by atoms with Gasteiger partial charge in [-0.15, -0.1) is 0 Å². The number of amides is 1. The van der Waals surface area contributed by atoms with E-state index in [1.54, 1.807) is 37.8 Å². The molecule has 3 heterocycles. The van der Waals surface area contributed by atoms with E-state index in [0.717, 1.165) is 24.4 Å². The van der Waals surface area contributed by atoms with Gasteiger partial charge in [0.25, 0.3) is 0 Å². The van der Waals surface area contributed by atoms with E-state index in [1.807, 2.05) is 29.2 Å². The number of aliphatic hydroxyl groups excluding tert-OH is 2. The number of nitrogens with one attached hydrogen (secondary N) is 1. The van der Waals surface area contributed by atoms with Crippen LogP contribution in [0.5, 0.6) is 5.75 Å². The molecule has 42 heavy (non-hydrogen) atoms. The summed E-state index contributed by atoms with van der Waals surface area (Å²) >= 11 is 0. The lowest BCUT2D eigenvalue weighted by atomic mass is 10.2. The molecule has 11 nitrogen and oxygen atoms in total. The Hall–Kier alpha value is -3.16. The highest BCUT2D eigenvalue weighted by atomic mass is 19.1. The molecule has 2 aromatic rings. The molecule has 0 radical (unpaired) electrons. The maximum absolute atomic E-state index is 15.3. The lowest BCUT2D eigenvalue weighted by molar-refractivity contribution is -0.0961. The zero-order chi connectivity index (χ0) is 29.9. The Morgan fingerprint density at radius 3 is 2.50 bits per heavy atom. The highest BCUT2D eigenvalue weighted by Gasteiger charge is 2.45. The molecule has 0 bridgehead atoms. The van der Waals surface area contributed by atoms with Crippen LogP contribution in [0.3, 0.4) is 0 Å². The topological polar surface area (TPSA) is 120 Å². The summed E-state index contributed by atoms with van der Waals surface area (Å²) in [6.07, 6.45) is -1.33. The fraction of sp³-hybridized carbons (Fsp3) is 0.567. The number of alkyl carbamates (subject to hydrolysis) is 1. The van der Waals surface area contributed by atoms with Crippen molar-refractivity contribution < 1.29 is 38.3 Å². The van der Waals surface area contributed by atoms with Crippen LogP contribution in [0.25, 0.3) is 0 Å². The van der Waals surface area contributed by atoms with Gasteiger partial charge < -0.3 is 44.3 Å². The van der Waals surface area contributed by atoms with E-state index in [2.05, 4.69) is 10.2 Å². The quantitative estimate of drug-likeness (QED) is 0.397. The molecule has 4 atom stereocenters. The molecule has 4 unspecified atom stereocenters. The van der Waals surface area contributed by atoms with E-state index >= 15 is 4.39 Å². The van der Waals surface area contributed by atoms with Gasteiger partial charge in [-0.05, 0) is 63.1 Å². The second-order valence-electron chi connectivity index (χ2n) is 11.8. The minimum atomic E-state index is -1.26. The number of ether oxygens (including phenoxy) is 4. The van der Waals surface area contributed by atoms with Crippen molar-refractivity contribution in [2.75, 3.05) is 55.7 Å². The molecule has 3 N–H and O–H groups in total. The minimum absolute atomic E-state index is 0.00165. The van der Waals surface area contributed by atoms with Crippen molar-refractivity contribution in [2.24, 2.45) is 0 Å². The van der Waals surface area contributed by atoms with E-state index in [-0.39, 0.29) is 37.4 Å². The standard InChI is InChI=1S/C30H41FN4O7/c1-30(2,3)42-28(37)32-21-10-11-35(29(38)40-18-21)22-6-9-25(24(31)16-22)33-12-14-34(15-13-33)27-26(41-27)19-39-23-7-4-20(17-36)5-8-23/h4-9,16,21,26-27,29,36,38H,10-15,17-19H2,1-3H3,(H,32,37). The molecule has 0 spiro atoms. The normalized spacial score (nSPS) is 25.1. The van der Waals surface area contributed by atoms with E-state index in [9.17, 15) is 9.90 Å². The van der Waals surface area contributed by atoms with Gasteiger partial charge in [-0.2, -0.15) is 0 Å². The summed E-state index contributed by atoms with van der Waals surface area (Å²) in [5.74, 6) is 0.365. The van der Waals surface area contributed by atoms with Crippen molar-refractivity contribution in [3.63, 3.8) is 0 Å². The number of epoxide rings is 1. The molecule has 0 aromatic heterocycles. The Labute approximate surface area is 245 Å². The van der Waals surface area contributed by atoms with Crippen LogP contribution in [-0.2, 0) is 20.8 Å². The Bertz CT molecular complexity index is 1200. The lowest BCUT2D eigenvalue weighted by Crippen LogP contribution is -2.48. The Balaban J connectivity index is 1.09. The van der Waals surface area contributed by atoms with Crippen molar-refractivity contribution in [1.29, 1.82) is 0 Å². The second-order valence-corrected chi connectivity index (χ2v) is 11.8. The summed E-state index contributed by atoms with van der Waals surface area (Å²) < 4.78 is 37.8. The number of hydrogen-bond donors (Lipinski definition) is 3. The predicted molar refractivity (Wildman–Crippen MR) is 154 cm³/mol. The molecular weight excluding hydrogens is 547 g/mol. The molecule has 2 aromatic carbocycles. The van der Waals surface area contributed by atoms with Crippen LogP contribution in [0.15, 0.2) is 42.5 Å². The van der Waals surface area contributed by atoms with Crippen LogP contribution in [0, 0.1) is 5.82 Å². The molecule has 3 aliphatic rings. The predicted octanol–water partition coefficient (Wildman–Crippen LogP) is 2.64. The van der Waals surface area contributed by atoms with Gasteiger partial charge in [-0.25, -0.2) is 9.18 Å². The van der Waals surface area contributed by atoms with Crippen LogP contribution < -0.4 is 19.9 Å². The molecule has 3 saturated heterocycles. The fourth-order valence-corrected chi connectivity index (χ4v) is 5.22. The molecule has 0 saturated carbocycles. The number of benzene rings is 2. The smallest absolute Gasteiger partial charge is 0.407 e. The Morgan fingerprint density at radius 1 is 1.10 bits per heavy atom. The van der Waals surface area contributed by atoms with E-state index in [4.69, 9.17) is 24.1 Å². The number of halogens is 1. The van der Waals surface area contributed by atoms with E-state index < -0.39 is 18.1 Å². The number of carbonyl (C=O) groups excluding carboxylic acids is 1. The van der Waals surface area contributed by atoms with E-state index in [0.29, 0.717) is 44.0 Å². The summed E-state index contributed by atoms with van der Waals surface area (Å²) in [6, 6.07) is 11.9. The van der Waals surface area contributed by atoms with Gasteiger partial charge in [-0.3, -0.25) is 4.90 Å². The molecule has 1 amide bonds. The zero-order valence-electron chi connectivity index (χ0n) is 24.4. The first-order chi connectivity index (χ1) is 20.1. The average molecular weight is 589 g/mol. The monoisotopic (exact) mass is 588 g/mol. The number of carbonyl (C=O) groups is 1. The minimum Gasteiger partial charge on any atom is -0.491 e. The van der Waals surface area contributed by atoms with Gasteiger partial charge in [0.15, 0.2) is 0 Å². The molecule has 230 valence electrons. The maximum atomic E-state index is 15.3. The molecule has 12 heteroatoms. The first kappa shape index (κ1) is 30.3. The van der Waals surface area contributed by atoms with Crippen molar-refractivity contribution in [3.8, 4) is 5.75 Å². The summed E-state index contributed by atoms with van der Waals surface area (Å²) in [5, 5.41) is 22.5. The lowest BCUT2D eigenvalue weighted by Gasteiger charge is -2.36. The van der Waals surface area contributed by atoms with Crippen LogP contribution >= 0.6 is 0 Å². The number of nitrogens with zero attached hydrogens (tertiary/aromatic N) is 3. The average Bonchev–Trinajstić information content (AvgIpc) is 3.76. The van der Waals surface area contributed by atoms with Gasteiger partial charge >= 0.3 is 6.09 Å². The molecule has 3 fully saturated rings. The Kier molecular flexibility index (Phi) is 9.38. The summed E-state index contributed by atoms with van der Waals surface area (Å²) in [5.41, 5.74) is 1.23. The summed E-state index contributed by atoms with van der Waals surface area (Å²) in [6.45, 7) is 9.06. The third-order valence-corrected chi connectivity index (χ3v) is 7.51. The number of hydrogen-bond acceptors (Lipinski definition) is 10. The number of rotatable bonds is 8. The first-order valence-corrected chi connectivity index (χ1v) is 14.4. The third-order valence-electron chi connectivity index (χ3n) is 7.51. The highest BCUT2D eigenvalue weighted by Crippen LogP contribution is 2.31.